The van der Waals surface area contributed by atoms with Crippen LogP contribution in [0.25, 0.3) is 33.1 Å². The number of rotatable bonds is 6. The molecule has 2 aromatic carbocycles. The molecule has 0 fully saturated rings. The number of carbonyl (C=O) groups is 1. The van der Waals surface area contributed by atoms with E-state index in [0.717, 1.165) is 59.1 Å². The predicted octanol–water partition coefficient (Wildman–Crippen LogP) is 4.63. The highest BCUT2D eigenvalue weighted by atomic mass is 16.3. The summed E-state index contributed by atoms with van der Waals surface area (Å²) in [5.41, 5.74) is 4.50. The zero-order chi connectivity index (χ0) is 20.8. The van der Waals surface area contributed by atoms with Gasteiger partial charge < -0.3 is 19.0 Å². The van der Waals surface area contributed by atoms with Crippen molar-refractivity contribution in [1.29, 1.82) is 0 Å². The largest absolute Gasteiger partial charge is 0.506 e. The second-order valence-corrected chi connectivity index (χ2v) is 7.81. The van der Waals surface area contributed by atoms with E-state index in [0.29, 0.717) is 24.2 Å². The van der Waals surface area contributed by atoms with Crippen molar-refractivity contribution < 1.29 is 14.3 Å². The molecule has 6 heteroatoms. The molecule has 0 saturated carbocycles. The summed E-state index contributed by atoms with van der Waals surface area (Å²) >= 11 is 0. The van der Waals surface area contributed by atoms with E-state index in [1.54, 1.807) is 6.20 Å². The van der Waals surface area contributed by atoms with Crippen molar-refractivity contribution in [3.05, 3.63) is 48.0 Å². The predicted molar refractivity (Wildman–Crippen MR) is 117 cm³/mol. The zero-order valence-corrected chi connectivity index (χ0v) is 17.3. The third-order valence-corrected chi connectivity index (χ3v) is 6.41. The standard InChI is InChI=1S/C24H25N3O3/c1-3-26(4-2)11-12-27-18-8-5-15-16(7-10-20(15)28)22(18)23-19(27)9-6-17(24(23)29)21-13-25-14-30-21/h5-6,8-9,13-14,29H,3-4,7,10-12H2,1-2H3. The number of hydrogen-bond donors (Lipinski definition) is 1. The summed E-state index contributed by atoms with van der Waals surface area (Å²) in [4.78, 5) is 18.8. The number of nitrogens with zero attached hydrogens (tertiary/aromatic N) is 3. The molecule has 1 N–H and O–H groups in total. The lowest BCUT2D eigenvalue weighted by Gasteiger charge is -2.19. The van der Waals surface area contributed by atoms with E-state index < -0.39 is 0 Å². The average molecular weight is 403 g/mol. The first-order valence-electron chi connectivity index (χ1n) is 10.6. The van der Waals surface area contributed by atoms with Crippen LogP contribution in [0.4, 0.5) is 0 Å². The Morgan fingerprint density at radius 3 is 2.50 bits per heavy atom. The summed E-state index contributed by atoms with van der Waals surface area (Å²) in [6.45, 7) is 8.08. The smallest absolute Gasteiger partial charge is 0.181 e. The van der Waals surface area contributed by atoms with Gasteiger partial charge in [0.2, 0.25) is 0 Å². The van der Waals surface area contributed by atoms with Crippen LogP contribution in [-0.2, 0) is 13.0 Å². The van der Waals surface area contributed by atoms with Crippen molar-refractivity contribution in [1.82, 2.24) is 14.5 Å². The number of hydrogen-bond acceptors (Lipinski definition) is 5. The SMILES string of the molecule is CCN(CC)CCn1c2ccc(-c3cnco3)c(O)c2c2c3c(ccc21)C(=O)CC3. The normalized spacial score (nSPS) is 13.8. The summed E-state index contributed by atoms with van der Waals surface area (Å²) in [6, 6.07) is 7.91. The number of oxazole rings is 1. The van der Waals surface area contributed by atoms with Crippen LogP contribution in [0.2, 0.25) is 0 Å². The molecular weight excluding hydrogens is 378 g/mol. The Kier molecular flexibility index (Phi) is 4.59. The highest BCUT2D eigenvalue weighted by molar-refractivity contribution is 6.18. The van der Waals surface area contributed by atoms with Crippen molar-refractivity contribution in [3.8, 4) is 17.1 Å². The number of fused-ring (bicyclic) bond motifs is 5. The summed E-state index contributed by atoms with van der Waals surface area (Å²) in [6.07, 6.45) is 4.22. The molecule has 2 heterocycles. The van der Waals surface area contributed by atoms with Crippen LogP contribution in [0.5, 0.6) is 5.75 Å². The van der Waals surface area contributed by atoms with Gasteiger partial charge in [-0.2, -0.15) is 0 Å². The second kappa shape index (κ2) is 7.29. The van der Waals surface area contributed by atoms with Crippen molar-refractivity contribution in [2.24, 2.45) is 0 Å². The topological polar surface area (TPSA) is 71.5 Å². The third-order valence-electron chi connectivity index (χ3n) is 6.41. The first-order chi connectivity index (χ1) is 14.6. The van der Waals surface area contributed by atoms with Crippen molar-refractivity contribution >= 4 is 27.6 Å². The quantitative estimate of drug-likeness (QED) is 0.508. The molecule has 1 aliphatic carbocycles. The highest BCUT2D eigenvalue weighted by Crippen LogP contribution is 2.44. The molecule has 6 nitrogen and oxygen atoms in total. The molecule has 0 amide bonds. The molecule has 0 atom stereocenters. The monoisotopic (exact) mass is 403 g/mol. The van der Waals surface area contributed by atoms with E-state index in [4.69, 9.17) is 4.42 Å². The first-order valence-corrected chi connectivity index (χ1v) is 10.6. The van der Waals surface area contributed by atoms with E-state index in [-0.39, 0.29) is 11.5 Å². The zero-order valence-electron chi connectivity index (χ0n) is 17.3. The average Bonchev–Trinajstić information content (AvgIpc) is 3.48. The number of ketones is 1. The minimum Gasteiger partial charge on any atom is -0.506 e. The number of carbonyl (C=O) groups excluding carboxylic acids is 1. The van der Waals surface area contributed by atoms with E-state index >= 15 is 0 Å². The number of Topliss-reactive ketones (excluding diaryl/α,β-unsaturated/α-hetero) is 1. The molecule has 1 aliphatic rings. The van der Waals surface area contributed by atoms with Crippen molar-refractivity contribution in [2.75, 3.05) is 19.6 Å². The molecule has 0 unspecified atom stereocenters. The van der Waals surface area contributed by atoms with Gasteiger partial charge in [-0.3, -0.25) is 4.79 Å². The number of likely N-dealkylation sites (N-methyl/N-ethyl adjacent to an activating group) is 1. The van der Waals surface area contributed by atoms with Crippen molar-refractivity contribution in [2.45, 2.75) is 33.2 Å². The molecule has 0 radical (unpaired) electrons. The van der Waals surface area contributed by atoms with Gasteiger partial charge >= 0.3 is 0 Å². The molecule has 154 valence electrons. The van der Waals surface area contributed by atoms with E-state index in [1.807, 2.05) is 24.3 Å². The van der Waals surface area contributed by atoms with Crippen LogP contribution in [0.1, 0.15) is 36.2 Å². The number of phenols is 1. The number of aromatic hydroxyl groups is 1. The molecule has 0 bridgehead atoms. The van der Waals surface area contributed by atoms with E-state index in [9.17, 15) is 9.90 Å². The van der Waals surface area contributed by atoms with Gasteiger partial charge in [-0.25, -0.2) is 4.98 Å². The lowest BCUT2D eigenvalue weighted by Crippen LogP contribution is -2.26. The Balaban J connectivity index is 1.79. The van der Waals surface area contributed by atoms with E-state index in [2.05, 4.69) is 28.3 Å². The Morgan fingerprint density at radius 1 is 1.07 bits per heavy atom. The third kappa shape index (κ3) is 2.75. The van der Waals surface area contributed by atoms with Gasteiger partial charge in [0, 0.05) is 36.0 Å². The van der Waals surface area contributed by atoms with Gasteiger partial charge in [0.15, 0.2) is 17.9 Å². The Bertz CT molecular complexity index is 1250. The number of phenolic OH excluding ortho intramolecular Hbond substituents is 1. The number of aryl methyl sites for hydroxylation is 1. The number of aromatic nitrogens is 2. The van der Waals surface area contributed by atoms with Crippen LogP contribution >= 0.6 is 0 Å². The van der Waals surface area contributed by atoms with Crippen LogP contribution < -0.4 is 0 Å². The molecule has 0 saturated heterocycles. The van der Waals surface area contributed by atoms with Gasteiger partial charge in [0.1, 0.15) is 5.75 Å². The first kappa shape index (κ1) is 18.9. The lowest BCUT2D eigenvalue weighted by atomic mass is 10.00. The maximum Gasteiger partial charge on any atom is 0.181 e. The minimum atomic E-state index is 0.182. The van der Waals surface area contributed by atoms with Crippen LogP contribution in [0.3, 0.4) is 0 Å². The van der Waals surface area contributed by atoms with Crippen molar-refractivity contribution in [3.63, 3.8) is 0 Å². The lowest BCUT2D eigenvalue weighted by molar-refractivity contribution is 0.0994. The molecule has 0 aliphatic heterocycles. The van der Waals surface area contributed by atoms with Gasteiger partial charge in [0.05, 0.1) is 22.7 Å². The van der Waals surface area contributed by atoms with Gasteiger partial charge in [-0.1, -0.05) is 13.8 Å². The Hall–Kier alpha value is -3.12. The molecule has 30 heavy (non-hydrogen) atoms. The molecule has 4 aromatic rings. The van der Waals surface area contributed by atoms with Gasteiger partial charge in [-0.05, 0) is 49.3 Å². The maximum atomic E-state index is 12.4. The van der Waals surface area contributed by atoms with Gasteiger partial charge in [0.25, 0.3) is 0 Å². The fourth-order valence-corrected chi connectivity index (χ4v) is 4.78. The van der Waals surface area contributed by atoms with Crippen LogP contribution in [0.15, 0.2) is 41.3 Å². The van der Waals surface area contributed by atoms with Gasteiger partial charge in [-0.15, -0.1) is 0 Å². The molecular formula is C24H25N3O3. The number of benzene rings is 2. The molecule has 5 rings (SSSR count). The van der Waals surface area contributed by atoms with Crippen LogP contribution in [-0.4, -0.2) is 45.0 Å². The fraction of sp³-hybridized carbons (Fsp3) is 0.333. The summed E-state index contributed by atoms with van der Waals surface area (Å²) in [5.74, 6) is 0.896. The molecule has 0 spiro atoms. The minimum absolute atomic E-state index is 0.182. The Morgan fingerprint density at radius 2 is 1.80 bits per heavy atom. The fourth-order valence-electron chi connectivity index (χ4n) is 4.78. The summed E-state index contributed by atoms with van der Waals surface area (Å²) in [7, 11) is 0. The summed E-state index contributed by atoms with van der Waals surface area (Å²) < 4.78 is 7.72. The van der Waals surface area contributed by atoms with E-state index in [1.165, 1.54) is 6.39 Å². The Labute approximate surface area is 174 Å². The summed E-state index contributed by atoms with van der Waals surface area (Å²) in [5, 5.41) is 13.1. The van der Waals surface area contributed by atoms with Crippen LogP contribution in [0, 0.1) is 0 Å². The second-order valence-electron chi connectivity index (χ2n) is 7.81. The molecule has 2 aromatic heterocycles. The maximum absolute atomic E-state index is 12.4. The highest BCUT2D eigenvalue weighted by Gasteiger charge is 2.27.